The van der Waals surface area contributed by atoms with Crippen LogP contribution in [0.25, 0.3) is 0 Å². The molecule has 2 saturated carbocycles. The minimum absolute atomic E-state index is 0.360. The van der Waals surface area contributed by atoms with E-state index in [0.717, 1.165) is 17.8 Å². The first kappa shape index (κ1) is 18.7. The van der Waals surface area contributed by atoms with Gasteiger partial charge in [0, 0.05) is 0 Å². The van der Waals surface area contributed by atoms with Crippen LogP contribution in [0.5, 0.6) is 5.75 Å². The van der Waals surface area contributed by atoms with Crippen LogP contribution in [0.4, 0.5) is 0 Å². The van der Waals surface area contributed by atoms with Gasteiger partial charge in [0.15, 0.2) is 0 Å². The molecule has 4 atom stereocenters. The summed E-state index contributed by atoms with van der Waals surface area (Å²) in [7, 11) is 0. The highest BCUT2D eigenvalue weighted by atomic mass is 16.5. The molecule has 0 amide bonds. The lowest BCUT2D eigenvalue weighted by atomic mass is 9.64. The fraction of sp³-hybridized carbons (Fsp3) is 0.440. The Labute approximate surface area is 167 Å². The van der Waals surface area contributed by atoms with Crippen LogP contribution in [0.1, 0.15) is 72.9 Å². The van der Waals surface area contributed by atoms with Gasteiger partial charge >= 0.3 is 5.97 Å². The Balaban J connectivity index is 1.38. The van der Waals surface area contributed by atoms with Crippen molar-refractivity contribution in [2.75, 3.05) is 0 Å². The van der Waals surface area contributed by atoms with Crippen LogP contribution in [-0.4, -0.2) is 5.97 Å². The van der Waals surface area contributed by atoms with Crippen LogP contribution >= 0.6 is 0 Å². The van der Waals surface area contributed by atoms with Gasteiger partial charge in [-0.2, -0.15) is 5.26 Å². The number of nitrogens with zero attached hydrogens (tertiary/aromatic N) is 1. The Morgan fingerprint density at radius 2 is 1.61 bits per heavy atom. The van der Waals surface area contributed by atoms with Crippen molar-refractivity contribution in [3.8, 4) is 11.8 Å². The molecular weight excluding hydrogens is 346 g/mol. The predicted octanol–water partition coefficient (Wildman–Crippen LogP) is 6.10. The van der Waals surface area contributed by atoms with Gasteiger partial charge in [0.2, 0.25) is 0 Å². The number of benzene rings is 2. The summed E-state index contributed by atoms with van der Waals surface area (Å²) < 4.78 is 5.42. The van der Waals surface area contributed by atoms with E-state index >= 15 is 0 Å². The summed E-state index contributed by atoms with van der Waals surface area (Å²) in [6.07, 6.45) is 8.10. The van der Waals surface area contributed by atoms with Gasteiger partial charge in [-0.1, -0.05) is 25.5 Å². The summed E-state index contributed by atoms with van der Waals surface area (Å²) in [5, 5.41) is 8.84. The molecule has 144 valence electrons. The zero-order chi connectivity index (χ0) is 19.5. The smallest absolute Gasteiger partial charge is 0.343 e. The van der Waals surface area contributed by atoms with Crippen LogP contribution in [0, 0.1) is 29.1 Å². The lowest BCUT2D eigenvalue weighted by Gasteiger charge is -2.41. The van der Waals surface area contributed by atoms with E-state index in [1.165, 1.54) is 44.1 Å². The maximum atomic E-state index is 12.4. The van der Waals surface area contributed by atoms with E-state index in [2.05, 4.69) is 25.1 Å². The molecule has 0 N–H and O–H groups in total. The summed E-state index contributed by atoms with van der Waals surface area (Å²) in [4.78, 5) is 12.4. The Bertz CT molecular complexity index is 863. The molecule has 2 aromatic carbocycles. The van der Waals surface area contributed by atoms with Crippen molar-refractivity contribution < 1.29 is 9.53 Å². The molecule has 0 aliphatic heterocycles. The highest BCUT2D eigenvalue weighted by molar-refractivity contribution is 5.91. The van der Waals surface area contributed by atoms with Crippen molar-refractivity contribution in [2.45, 2.75) is 51.4 Å². The second kappa shape index (κ2) is 8.19. The SMILES string of the molecule is C[C@H]1CC[C@@H]2CC(c3ccc(C(=O)Oc4ccc(C#N)cc4)cc3)CC[C@H]2C1. The summed E-state index contributed by atoms with van der Waals surface area (Å²) in [6.45, 7) is 2.40. The quantitative estimate of drug-likeness (QED) is 0.483. The average Bonchev–Trinajstić information content (AvgIpc) is 2.74. The third kappa shape index (κ3) is 4.12. The number of rotatable bonds is 3. The molecule has 2 aromatic rings. The Morgan fingerprint density at radius 1 is 0.929 bits per heavy atom. The maximum Gasteiger partial charge on any atom is 0.343 e. The van der Waals surface area contributed by atoms with E-state index < -0.39 is 0 Å². The molecule has 1 unspecified atom stereocenters. The van der Waals surface area contributed by atoms with Gasteiger partial charge in [0.05, 0.1) is 17.2 Å². The number of nitriles is 1. The number of esters is 1. The Morgan fingerprint density at radius 3 is 2.32 bits per heavy atom. The molecule has 0 bridgehead atoms. The highest BCUT2D eigenvalue weighted by Crippen LogP contribution is 2.47. The van der Waals surface area contributed by atoms with Crippen LogP contribution in [0.2, 0.25) is 0 Å². The number of hydrogen-bond donors (Lipinski definition) is 0. The molecule has 4 rings (SSSR count). The molecule has 0 saturated heterocycles. The zero-order valence-electron chi connectivity index (χ0n) is 16.4. The van der Waals surface area contributed by atoms with Crippen molar-refractivity contribution >= 4 is 5.97 Å². The summed E-state index contributed by atoms with van der Waals surface area (Å²) in [6, 6.07) is 16.6. The molecule has 0 spiro atoms. The van der Waals surface area contributed by atoms with E-state index in [4.69, 9.17) is 10.00 Å². The van der Waals surface area contributed by atoms with Crippen LogP contribution in [0.15, 0.2) is 48.5 Å². The van der Waals surface area contributed by atoms with Crippen molar-refractivity contribution in [3.63, 3.8) is 0 Å². The minimum Gasteiger partial charge on any atom is -0.423 e. The van der Waals surface area contributed by atoms with Gasteiger partial charge in [-0.15, -0.1) is 0 Å². The number of carbonyl (C=O) groups excluding carboxylic acids is 1. The van der Waals surface area contributed by atoms with Crippen LogP contribution in [0.3, 0.4) is 0 Å². The molecule has 0 aromatic heterocycles. The van der Waals surface area contributed by atoms with E-state index in [9.17, 15) is 4.79 Å². The Kier molecular flexibility index (Phi) is 5.48. The third-order valence-electron chi connectivity index (χ3n) is 6.69. The number of fused-ring (bicyclic) bond motifs is 1. The lowest BCUT2D eigenvalue weighted by Crippen LogP contribution is -2.29. The fourth-order valence-corrected chi connectivity index (χ4v) is 5.08. The molecule has 2 fully saturated rings. The molecule has 3 heteroatoms. The summed E-state index contributed by atoms with van der Waals surface area (Å²) >= 11 is 0. The summed E-state index contributed by atoms with van der Waals surface area (Å²) in [5.74, 6) is 3.44. The van der Waals surface area contributed by atoms with Gasteiger partial charge in [0.1, 0.15) is 5.75 Å². The molecule has 0 heterocycles. The number of hydrogen-bond acceptors (Lipinski definition) is 3. The van der Waals surface area contributed by atoms with E-state index in [1.54, 1.807) is 24.3 Å². The highest BCUT2D eigenvalue weighted by Gasteiger charge is 2.34. The van der Waals surface area contributed by atoms with Gasteiger partial charge in [-0.25, -0.2) is 4.79 Å². The molecular formula is C25H27NO2. The van der Waals surface area contributed by atoms with Crippen LogP contribution < -0.4 is 4.74 Å². The molecule has 0 radical (unpaired) electrons. The topological polar surface area (TPSA) is 50.1 Å². The lowest BCUT2D eigenvalue weighted by molar-refractivity contribution is 0.0734. The number of carbonyl (C=O) groups is 1. The van der Waals surface area contributed by atoms with E-state index in [-0.39, 0.29) is 5.97 Å². The monoisotopic (exact) mass is 373 g/mol. The van der Waals surface area contributed by atoms with Crippen molar-refractivity contribution in [2.24, 2.45) is 17.8 Å². The normalized spacial score (nSPS) is 26.7. The van der Waals surface area contributed by atoms with Gasteiger partial charge in [0.25, 0.3) is 0 Å². The molecule has 2 aliphatic rings. The second-order valence-corrected chi connectivity index (χ2v) is 8.60. The third-order valence-corrected chi connectivity index (χ3v) is 6.69. The van der Waals surface area contributed by atoms with Crippen molar-refractivity contribution in [1.82, 2.24) is 0 Å². The Hall–Kier alpha value is -2.60. The van der Waals surface area contributed by atoms with Gasteiger partial charge in [-0.3, -0.25) is 0 Å². The summed E-state index contributed by atoms with van der Waals surface area (Å²) in [5.41, 5.74) is 2.46. The fourth-order valence-electron chi connectivity index (χ4n) is 5.08. The first-order chi connectivity index (χ1) is 13.6. The standard InChI is InChI=1S/C25H27NO2/c1-17-2-5-23-15-22(11-10-21(23)14-17)19-6-8-20(9-7-19)25(27)28-24-12-3-18(16-26)4-13-24/h3-4,6-9,12-13,17,21-23H,2,5,10-11,14-15H2,1H3/t17-,21-,22?,23+/m0/s1. The van der Waals surface area contributed by atoms with Gasteiger partial charge in [-0.05, 0) is 97.7 Å². The minimum atomic E-state index is -0.360. The first-order valence-corrected chi connectivity index (χ1v) is 10.4. The first-order valence-electron chi connectivity index (χ1n) is 10.4. The predicted molar refractivity (Wildman–Crippen MR) is 109 cm³/mol. The molecule has 28 heavy (non-hydrogen) atoms. The van der Waals surface area contributed by atoms with E-state index in [0.29, 0.717) is 22.8 Å². The largest absolute Gasteiger partial charge is 0.423 e. The average molecular weight is 373 g/mol. The van der Waals surface area contributed by atoms with Crippen LogP contribution in [-0.2, 0) is 0 Å². The van der Waals surface area contributed by atoms with E-state index in [1.807, 2.05) is 12.1 Å². The maximum absolute atomic E-state index is 12.4. The molecule has 2 aliphatic carbocycles. The van der Waals surface area contributed by atoms with Crippen molar-refractivity contribution in [3.05, 3.63) is 65.2 Å². The van der Waals surface area contributed by atoms with Gasteiger partial charge < -0.3 is 4.74 Å². The zero-order valence-corrected chi connectivity index (χ0v) is 16.4. The van der Waals surface area contributed by atoms with Crippen molar-refractivity contribution in [1.29, 1.82) is 5.26 Å². The number of ether oxygens (including phenoxy) is 1. The molecule has 3 nitrogen and oxygen atoms in total. The second-order valence-electron chi connectivity index (χ2n) is 8.60.